The third-order valence-corrected chi connectivity index (χ3v) is 2.68. The first kappa shape index (κ1) is 15.7. The van der Waals surface area contributed by atoms with Crippen molar-refractivity contribution in [2.45, 2.75) is 0 Å². The zero-order valence-corrected chi connectivity index (χ0v) is 14.2. The van der Waals surface area contributed by atoms with Gasteiger partial charge in [0.15, 0.2) is 0 Å². The van der Waals surface area contributed by atoms with Gasteiger partial charge in [-0.3, -0.25) is 4.98 Å². The van der Waals surface area contributed by atoms with E-state index in [1.54, 1.807) is 37.2 Å². The number of nitrogens with zero attached hydrogens (tertiary/aromatic N) is 3. The summed E-state index contributed by atoms with van der Waals surface area (Å²) >= 11 is 1.61. The Kier molecular flexibility index (Phi) is 5.97. The Labute approximate surface area is 138 Å². The second kappa shape index (κ2) is 7.96. The van der Waals surface area contributed by atoms with Crippen LogP contribution in [0.15, 0.2) is 55.0 Å². The Bertz CT molecular complexity index is 688. The molecule has 0 atom stereocenters. The fourth-order valence-corrected chi connectivity index (χ4v) is 1.78. The van der Waals surface area contributed by atoms with Gasteiger partial charge in [-0.25, -0.2) is 4.98 Å². The van der Waals surface area contributed by atoms with Crippen LogP contribution in [0, 0.1) is 6.07 Å². The summed E-state index contributed by atoms with van der Waals surface area (Å²) in [5, 5.41) is 0. The van der Waals surface area contributed by atoms with E-state index in [1.807, 2.05) is 48.1 Å². The number of halogens is 1. The van der Waals surface area contributed by atoms with Crippen molar-refractivity contribution in [2.24, 2.45) is 7.05 Å². The molecule has 4 nitrogen and oxygen atoms in total. The average Bonchev–Trinajstić information content (AvgIpc) is 2.97. The molecule has 0 radical (unpaired) electrons. The molecule has 0 saturated carbocycles. The Morgan fingerprint density at radius 1 is 1.10 bits per heavy atom. The predicted octanol–water partition coefficient (Wildman–Crippen LogP) is 3.76. The monoisotopic (exact) mass is 480 g/mol. The van der Waals surface area contributed by atoms with Gasteiger partial charge in [-0.15, -0.1) is 23.8 Å². The van der Waals surface area contributed by atoms with Crippen molar-refractivity contribution in [1.82, 2.24) is 14.5 Å². The molecule has 0 amide bonds. The molecule has 3 aromatic rings. The SMILES string of the molecule is Cn1ccnc1-c1[c-]c(Oc2ccccn2)ccc1.[Cl][Pt+]. The van der Waals surface area contributed by atoms with Crippen LogP contribution in [-0.2, 0) is 25.8 Å². The molecule has 3 rings (SSSR count). The van der Waals surface area contributed by atoms with E-state index in [1.165, 1.54) is 0 Å². The molecule has 6 heteroatoms. The molecule has 0 unspecified atom stereocenters. The molecular formula is C15H12ClN3OPt. The van der Waals surface area contributed by atoms with Crippen molar-refractivity contribution in [1.29, 1.82) is 0 Å². The van der Waals surface area contributed by atoms with Gasteiger partial charge in [0.2, 0.25) is 5.88 Å². The van der Waals surface area contributed by atoms with Crippen molar-refractivity contribution < 1.29 is 23.5 Å². The fraction of sp³-hybridized carbons (Fsp3) is 0.0667. The Morgan fingerprint density at radius 3 is 2.62 bits per heavy atom. The van der Waals surface area contributed by atoms with Crippen LogP contribution >= 0.6 is 9.42 Å². The molecule has 0 bridgehead atoms. The number of benzene rings is 1. The van der Waals surface area contributed by atoms with Crippen LogP contribution in [0.5, 0.6) is 11.6 Å². The molecule has 1 aromatic carbocycles. The number of pyridine rings is 1. The van der Waals surface area contributed by atoms with Crippen molar-refractivity contribution in [3.63, 3.8) is 0 Å². The van der Waals surface area contributed by atoms with Crippen LogP contribution in [0.25, 0.3) is 11.4 Å². The van der Waals surface area contributed by atoms with E-state index in [-0.39, 0.29) is 0 Å². The molecule has 110 valence electrons. The van der Waals surface area contributed by atoms with Gasteiger partial charge < -0.3 is 9.30 Å². The van der Waals surface area contributed by atoms with Gasteiger partial charge in [0, 0.05) is 37.5 Å². The second-order valence-electron chi connectivity index (χ2n) is 4.06. The Hall–Kier alpha value is -1.64. The molecule has 0 aliphatic carbocycles. The second-order valence-corrected chi connectivity index (χ2v) is 4.06. The number of hydrogen-bond acceptors (Lipinski definition) is 3. The fourth-order valence-electron chi connectivity index (χ4n) is 1.78. The van der Waals surface area contributed by atoms with E-state index in [2.05, 4.69) is 25.5 Å². The summed E-state index contributed by atoms with van der Waals surface area (Å²) in [4.78, 5) is 8.42. The van der Waals surface area contributed by atoms with Crippen molar-refractivity contribution in [2.75, 3.05) is 0 Å². The van der Waals surface area contributed by atoms with Crippen LogP contribution in [0.4, 0.5) is 0 Å². The number of rotatable bonds is 3. The number of ether oxygens (including phenoxy) is 1. The van der Waals surface area contributed by atoms with Gasteiger partial charge in [0.25, 0.3) is 0 Å². The molecule has 0 aliphatic rings. The van der Waals surface area contributed by atoms with Gasteiger partial charge in [-0.05, 0) is 6.07 Å². The predicted molar refractivity (Wildman–Crippen MR) is 77.6 cm³/mol. The molecule has 0 fully saturated rings. The minimum atomic E-state index is 0.552. The molecule has 0 aliphatic heterocycles. The molecule has 21 heavy (non-hydrogen) atoms. The molecule has 2 heterocycles. The van der Waals surface area contributed by atoms with E-state index in [9.17, 15) is 0 Å². The maximum absolute atomic E-state index is 5.65. The van der Waals surface area contributed by atoms with E-state index in [0.29, 0.717) is 11.6 Å². The van der Waals surface area contributed by atoms with Crippen molar-refractivity contribution >= 4 is 9.42 Å². The van der Waals surface area contributed by atoms with Gasteiger partial charge in [0.05, 0.1) is 5.82 Å². The summed E-state index contributed by atoms with van der Waals surface area (Å²) in [6.45, 7) is 0. The summed E-state index contributed by atoms with van der Waals surface area (Å²) < 4.78 is 7.59. The van der Waals surface area contributed by atoms with Crippen LogP contribution in [0.1, 0.15) is 0 Å². The van der Waals surface area contributed by atoms with E-state index in [0.717, 1.165) is 11.4 Å². The minimum absolute atomic E-state index is 0.552. The van der Waals surface area contributed by atoms with E-state index >= 15 is 0 Å². The first-order valence-electron chi connectivity index (χ1n) is 6.04. The number of imidazole rings is 1. The Morgan fingerprint density at radius 2 is 1.95 bits per heavy atom. The topological polar surface area (TPSA) is 39.9 Å². The Balaban J connectivity index is 0.000000774. The van der Waals surface area contributed by atoms with Gasteiger partial charge in [0.1, 0.15) is 0 Å². The van der Waals surface area contributed by atoms with Crippen LogP contribution in [0.3, 0.4) is 0 Å². The molecule has 0 N–H and O–H groups in total. The zero-order valence-electron chi connectivity index (χ0n) is 11.1. The number of aromatic nitrogens is 3. The van der Waals surface area contributed by atoms with Crippen LogP contribution in [0.2, 0.25) is 0 Å². The number of hydrogen-bond donors (Lipinski definition) is 0. The van der Waals surface area contributed by atoms with Crippen molar-refractivity contribution in [3.05, 3.63) is 61.1 Å². The number of aryl methyl sites for hydroxylation is 1. The maximum atomic E-state index is 5.65. The quantitative estimate of drug-likeness (QED) is 0.536. The first-order valence-corrected chi connectivity index (χ1v) is 8.85. The third-order valence-electron chi connectivity index (χ3n) is 2.68. The first-order chi connectivity index (χ1) is 10.3. The van der Waals surface area contributed by atoms with Gasteiger partial charge >= 0.3 is 28.2 Å². The van der Waals surface area contributed by atoms with Crippen LogP contribution in [-0.4, -0.2) is 14.5 Å². The molecular weight excluding hydrogens is 469 g/mol. The van der Waals surface area contributed by atoms with Crippen molar-refractivity contribution in [3.8, 4) is 23.0 Å². The molecule has 0 saturated heterocycles. The average molecular weight is 481 g/mol. The summed E-state index contributed by atoms with van der Waals surface area (Å²) in [6, 6.07) is 14.4. The summed E-state index contributed by atoms with van der Waals surface area (Å²) in [7, 11) is 6.56. The summed E-state index contributed by atoms with van der Waals surface area (Å²) in [5.74, 6) is 2.03. The van der Waals surface area contributed by atoms with E-state index in [4.69, 9.17) is 4.74 Å². The summed E-state index contributed by atoms with van der Waals surface area (Å²) in [5.41, 5.74) is 0.890. The molecule has 0 spiro atoms. The third kappa shape index (κ3) is 4.16. The summed E-state index contributed by atoms with van der Waals surface area (Å²) in [6.07, 6.45) is 5.35. The van der Waals surface area contributed by atoms with Gasteiger partial charge in [-0.2, -0.15) is 0 Å². The zero-order chi connectivity index (χ0) is 15.1. The van der Waals surface area contributed by atoms with Gasteiger partial charge in [-0.1, -0.05) is 12.1 Å². The van der Waals surface area contributed by atoms with E-state index < -0.39 is 0 Å². The van der Waals surface area contributed by atoms with Crippen LogP contribution < -0.4 is 4.74 Å². The molecule has 2 aromatic heterocycles. The normalized spacial score (nSPS) is 9.71. The standard InChI is InChI=1S/C15H12N3O.ClH.Pt/c1-18-10-9-17-15(18)12-5-4-6-13(11-12)19-14-7-2-3-8-16-14;;/h2-10H,1H3;1H;/q-1;;+2/p-1.